The molecule has 5 nitrogen and oxygen atoms in total. The fourth-order valence-corrected chi connectivity index (χ4v) is 2.63. The number of carbonyl (C=O) groups excluding carboxylic acids is 2. The van der Waals surface area contributed by atoms with Crippen LogP contribution < -0.4 is 11.1 Å². The van der Waals surface area contributed by atoms with E-state index >= 15 is 0 Å². The smallest absolute Gasteiger partial charge is 0.248 e. The molecule has 1 aromatic rings. The predicted octanol–water partition coefficient (Wildman–Crippen LogP) is 1.28. The van der Waals surface area contributed by atoms with Crippen LogP contribution in [0, 0.1) is 0 Å². The van der Waals surface area contributed by atoms with Crippen LogP contribution in [-0.4, -0.2) is 36.3 Å². The lowest BCUT2D eigenvalue weighted by atomic mass is 10.1. The van der Waals surface area contributed by atoms with Crippen LogP contribution in [0.1, 0.15) is 41.6 Å². The second-order valence-corrected chi connectivity index (χ2v) is 5.61. The molecule has 1 aliphatic heterocycles. The Morgan fingerprint density at radius 2 is 1.95 bits per heavy atom. The minimum atomic E-state index is -0.436. The van der Waals surface area contributed by atoms with Crippen LogP contribution in [0.25, 0.3) is 0 Å². The predicted molar refractivity (Wildman–Crippen MR) is 81.7 cm³/mol. The van der Waals surface area contributed by atoms with E-state index in [1.54, 1.807) is 17.0 Å². The summed E-state index contributed by atoms with van der Waals surface area (Å²) < 4.78 is 0. The van der Waals surface area contributed by atoms with Crippen molar-refractivity contribution in [1.29, 1.82) is 0 Å². The highest BCUT2D eigenvalue weighted by Crippen LogP contribution is 2.12. The van der Waals surface area contributed by atoms with Crippen molar-refractivity contribution in [2.75, 3.05) is 13.6 Å². The highest BCUT2D eigenvalue weighted by atomic mass is 16.2. The van der Waals surface area contributed by atoms with E-state index in [0.29, 0.717) is 12.1 Å². The van der Waals surface area contributed by atoms with Crippen molar-refractivity contribution < 1.29 is 9.59 Å². The van der Waals surface area contributed by atoms with Crippen molar-refractivity contribution >= 4 is 11.8 Å². The first-order valence-corrected chi connectivity index (χ1v) is 7.45. The Bertz CT molecular complexity index is 491. The molecule has 0 aliphatic carbocycles. The van der Waals surface area contributed by atoms with E-state index in [1.165, 1.54) is 6.42 Å². The Morgan fingerprint density at radius 1 is 1.24 bits per heavy atom. The van der Waals surface area contributed by atoms with Crippen molar-refractivity contribution in [1.82, 2.24) is 10.2 Å². The molecular weight excluding hydrogens is 266 g/mol. The van der Waals surface area contributed by atoms with Crippen LogP contribution >= 0.6 is 0 Å². The van der Waals surface area contributed by atoms with Gasteiger partial charge in [-0.1, -0.05) is 25.0 Å². The van der Waals surface area contributed by atoms with Gasteiger partial charge in [0.15, 0.2) is 0 Å². The van der Waals surface area contributed by atoms with Gasteiger partial charge in [0.2, 0.25) is 11.8 Å². The van der Waals surface area contributed by atoms with Crippen molar-refractivity contribution in [2.45, 2.75) is 38.3 Å². The fourth-order valence-electron chi connectivity index (χ4n) is 2.63. The molecule has 1 aromatic carbocycles. The topological polar surface area (TPSA) is 75.4 Å². The molecule has 2 amide bonds. The first-order valence-electron chi connectivity index (χ1n) is 7.45. The number of carbonyl (C=O) groups is 2. The molecule has 1 fully saturated rings. The van der Waals surface area contributed by atoms with Gasteiger partial charge in [0.1, 0.15) is 0 Å². The number of rotatable bonds is 4. The number of amides is 2. The van der Waals surface area contributed by atoms with Crippen molar-refractivity contribution in [3.63, 3.8) is 0 Å². The normalized spacial score (nSPS) is 18.8. The van der Waals surface area contributed by atoms with E-state index in [9.17, 15) is 9.59 Å². The van der Waals surface area contributed by atoms with Crippen molar-refractivity contribution in [2.24, 2.45) is 5.73 Å². The number of nitrogens with zero attached hydrogens (tertiary/aromatic N) is 1. The summed E-state index contributed by atoms with van der Waals surface area (Å²) in [5, 5.41) is 3.32. The van der Waals surface area contributed by atoms with E-state index in [2.05, 4.69) is 5.32 Å². The van der Waals surface area contributed by atoms with Gasteiger partial charge in [-0.05, 0) is 37.1 Å². The summed E-state index contributed by atoms with van der Waals surface area (Å²) in [6.45, 7) is 1.45. The zero-order chi connectivity index (χ0) is 15.2. The number of hydrogen-bond acceptors (Lipinski definition) is 3. The van der Waals surface area contributed by atoms with Crippen molar-refractivity contribution in [3.05, 3.63) is 35.4 Å². The average Bonchev–Trinajstić information content (AvgIpc) is 2.76. The molecule has 0 spiro atoms. The molecule has 0 saturated carbocycles. The molecule has 3 N–H and O–H groups in total. The van der Waals surface area contributed by atoms with Crippen LogP contribution in [0.5, 0.6) is 0 Å². The zero-order valence-electron chi connectivity index (χ0n) is 12.5. The Balaban J connectivity index is 1.94. The van der Waals surface area contributed by atoms with Crippen molar-refractivity contribution in [3.8, 4) is 0 Å². The second kappa shape index (κ2) is 7.22. The minimum absolute atomic E-state index is 0.0672. The van der Waals surface area contributed by atoms with Gasteiger partial charge in [-0.15, -0.1) is 0 Å². The van der Waals surface area contributed by atoms with Gasteiger partial charge in [0, 0.05) is 19.2 Å². The maximum Gasteiger partial charge on any atom is 0.248 e. The SMILES string of the molecule is CN(Cc1ccc(C(N)=O)cc1)C(=O)C1CCCCCN1. The molecule has 1 saturated heterocycles. The molecule has 0 bridgehead atoms. The summed E-state index contributed by atoms with van der Waals surface area (Å²) >= 11 is 0. The van der Waals surface area contributed by atoms with E-state index in [0.717, 1.165) is 31.4 Å². The van der Waals surface area contributed by atoms with Gasteiger partial charge in [-0.2, -0.15) is 0 Å². The van der Waals surface area contributed by atoms with Crippen LogP contribution in [0.15, 0.2) is 24.3 Å². The second-order valence-electron chi connectivity index (χ2n) is 5.61. The van der Waals surface area contributed by atoms with Gasteiger partial charge in [-0.3, -0.25) is 9.59 Å². The number of hydrogen-bond donors (Lipinski definition) is 2. The number of benzene rings is 1. The quantitative estimate of drug-likeness (QED) is 0.876. The van der Waals surface area contributed by atoms with Crippen LogP contribution in [0.2, 0.25) is 0 Å². The Kier molecular flexibility index (Phi) is 5.33. The third kappa shape index (κ3) is 4.29. The Morgan fingerprint density at radius 3 is 2.62 bits per heavy atom. The van der Waals surface area contributed by atoms with Crippen LogP contribution in [0.3, 0.4) is 0 Å². The van der Waals surface area contributed by atoms with E-state index < -0.39 is 5.91 Å². The lowest BCUT2D eigenvalue weighted by Crippen LogP contribution is -2.44. The first-order chi connectivity index (χ1) is 10.1. The van der Waals surface area contributed by atoms with E-state index in [4.69, 9.17) is 5.73 Å². The van der Waals surface area contributed by atoms with Gasteiger partial charge < -0.3 is 16.0 Å². The number of likely N-dealkylation sites (N-methyl/N-ethyl adjacent to an activating group) is 1. The largest absolute Gasteiger partial charge is 0.366 e. The standard InChI is InChI=1S/C16H23N3O2/c1-19(16(21)14-5-3-2-4-10-18-14)11-12-6-8-13(9-7-12)15(17)20/h6-9,14,18H,2-5,10-11H2,1H3,(H2,17,20). The van der Waals surface area contributed by atoms with Gasteiger partial charge in [0.05, 0.1) is 6.04 Å². The van der Waals surface area contributed by atoms with Gasteiger partial charge >= 0.3 is 0 Å². The fraction of sp³-hybridized carbons (Fsp3) is 0.500. The summed E-state index contributed by atoms with van der Waals surface area (Å²) in [5.74, 6) is -0.301. The molecule has 2 rings (SSSR count). The average molecular weight is 289 g/mol. The lowest BCUT2D eigenvalue weighted by molar-refractivity contribution is -0.132. The molecule has 1 heterocycles. The lowest BCUT2D eigenvalue weighted by Gasteiger charge is -2.23. The molecular formula is C16H23N3O2. The highest BCUT2D eigenvalue weighted by molar-refractivity contribution is 5.92. The number of nitrogens with one attached hydrogen (secondary N) is 1. The summed E-state index contributed by atoms with van der Waals surface area (Å²) in [4.78, 5) is 25.2. The monoisotopic (exact) mass is 289 g/mol. The third-order valence-corrected chi connectivity index (χ3v) is 3.89. The van der Waals surface area contributed by atoms with Gasteiger partial charge in [-0.25, -0.2) is 0 Å². The molecule has 1 atom stereocenters. The summed E-state index contributed by atoms with van der Waals surface area (Å²) in [7, 11) is 1.82. The number of primary amides is 1. The van der Waals surface area contributed by atoms with Crippen LogP contribution in [-0.2, 0) is 11.3 Å². The highest BCUT2D eigenvalue weighted by Gasteiger charge is 2.22. The van der Waals surface area contributed by atoms with E-state index in [1.807, 2.05) is 19.2 Å². The molecule has 1 unspecified atom stereocenters. The zero-order valence-corrected chi connectivity index (χ0v) is 12.5. The minimum Gasteiger partial charge on any atom is -0.366 e. The molecule has 21 heavy (non-hydrogen) atoms. The third-order valence-electron chi connectivity index (χ3n) is 3.89. The Hall–Kier alpha value is -1.88. The molecule has 5 heteroatoms. The maximum atomic E-state index is 12.4. The molecule has 0 radical (unpaired) electrons. The Labute approximate surface area is 125 Å². The maximum absolute atomic E-state index is 12.4. The summed E-state index contributed by atoms with van der Waals surface area (Å²) in [5.41, 5.74) is 6.69. The molecule has 1 aliphatic rings. The molecule has 114 valence electrons. The summed E-state index contributed by atoms with van der Waals surface area (Å²) in [6, 6.07) is 7.00. The first kappa shape index (κ1) is 15.5. The molecule has 0 aromatic heterocycles. The summed E-state index contributed by atoms with van der Waals surface area (Å²) in [6.07, 6.45) is 4.34. The van der Waals surface area contributed by atoms with Crippen LogP contribution in [0.4, 0.5) is 0 Å². The van der Waals surface area contributed by atoms with Gasteiger partial charge in [0.25, 0.3) is 0 Å². The number of nitrogens with two attached hydrogens (primary N) is 1. The van der Waals surface area contributed by atoms with E-state index in [-0.39, 0.29) is 11.9 Å².